The Labute approximate surface area is 144 Å². The van der Waals surface area contributed by atoms with E-state index in [1.807, 2.05) is 6.92 Å². The predicted octanol–water partition coefficient (Wildman–Crippen LogP) is 1.23. The molecule has 3 rings (SSSR count). The van der Waals surface area contributed by atoms with Crippen LogP contribution in [0, 0.1) is 0 Å². The standard InChI is InChI=1S/C14H18ClN3O5S/c1-2-5-14(13-18-17-7-22-13)6-9(19)11-8(15)3-4-10(12(11)23-14)24(16,20)21/h3-4,7,9,13,18-19H,2,5-6H2,1H3,(H2,16,20,21). The molecule has 2 aliphatic rings. The van der Waals surface area contributed by atoms with Crippen LogP contribution < -0.4 is 15.3 Å². The van der Waals surface area contributed by atoms with Gasteiger partial charge in [0.1, 0.15) is 10.6 Å². The van der Waals surface area contributed by atoms with E-state index in [1.165, 1.54) is 18.5 Å². The molecule has 2 heterocycles. The molecular weight excluding hydrogens is 358 g/mol. The summed E-state index contributed by atoms with van der Waals surface area (Å²) in [4.78, 5) is -0.222. The topological polar surface area (TPSA) is 123 Å². The number of ether oxygens (including phenoxy) is 2. The summed E-state index contributed by atoms with van der Waals surface area (Å²) in [6, 6.07) is 2.65. The number of benzene rings is 1. The molecule has 24 heavy (non-hydrogen) atoms. The van der Waals surface area contributed by atoms with Crippen molar-refractivity contribution in [2.75, 3.05) is 0 Å². The minimum atomic E-state index is -4.06. The second-order valence-corrected chi connectivity index (χ2v) is 7.79. The van der Waals surface area contributed by atoms with Crippen molar-refractivity contribution in [3.8, 4) is 5.75 Å². The molecule has 0 saturated carbocycles. The van der Waals surface area contributed by atoms with E-state index in [9.17, 15) is 13.5 Å². The zero-order valence-corrected chi connectivity index (χ0v) is 14.5. The third-order valence-corrected chi connectivity index (χ3v) is 5.45. The van der Waals surface area contributed by atoms with Crippen LogP contribution in [0.1, 0.15) is 37.9 Å². The third kappa shape index (κ3) is 2.81. The van der Waals surface area contributed by atoms with Gasteiger partial charge in [0.15, 0.2) is 12.0 Å². The number of hydrogen-bond donors (Lipinski definition) is 3. The molecule has 8 nitrogen and oxygen atoms in total. The Hall–Kier alpha value is -1.55. The van der Waals surface area contributed by atoms with Gasteiger partial charge in [0.25, 0.3) is 0 Å². The number of nitrogens with two attached hydrogens (primary N) is 1. The second-order valence-electron chi connectivity index (χ2n) is 5.85. The maximum atomic E-state index is 11.9. The Morgan fingerprint density at radius 3 is 2.88 bits per heavy atom. The number of rotatable bonds is 4. The number of halogens is 1. The van der Waals surface area contributed by atoms with Gasteiger partial charge in [0.05, 0.1) is 11.1 Å². The van der Waals surface area contributed by atoms with E-state index in [0.29, 0.717) is 6.42 Å². The number of sulfonamides is 1. The number of hydrazone groups is 1. The summed E-state index contributed by atoms with van der Waals surface area (Å²) < 4.78 is 35.3. The van der Waals surface area contributed by atoms with Crippen LogP contribution in [0.4, 0.5) is 0 Å². The summed E-state index contributed by atoms with van der Waals surface area (Å²) in [6.07, 6.45) is 0.943. The maximum Gasteiger partial charge on any atom is 0.241 e. The summed E-state index contributed by atoms with van der Waals surface area (Å²) >= 11 is 6.14. The van der Waals surface area contributed by atoms with E-state index in [0.717, 1.165) is 6.42 Å². The summed E-state index contributed by atoms with van der Waals surface area (Å²) in [7, 11) is -4.06. The van der Waals surface area contributed by atoms with Crippen LogP contribution in [0.2, 0.25) is 5.02 Å². The van der Waals surface area contributed by atoms with Crippen molar-refractivity contribution >= 4 is 28.0 Å². The first-order valence-corrected chi connectivity index (χ1v) is 9.36. The van der Waals surface area contributed by atoms with E-state index >= 15 is 0 Å². The monoisotopic (exact) mass is 375 g/mol. The lowest BCUT2D eigenvalue weighted by molar-refractivity contribution is -0.0990. The molecule has 132 valence electrons. The molecule has 1 aromatic rings. The van der Waals surface area contributed by atoms with Crippen molar-refractivity contribution in [2.45, 2.75) is 49.0 Å². The molecule has 4 N–H and O–H groups in total. The fraction of sp³-hybridized carbons (Fsp3) is 0.500. The van der Waals surface area contributed by atoms with E-state index < -0.39 is 28.0 Å². The van der Waals surface area contributed by atoms with Crippen LogP contribution in [-0.4, -0.2) is 31.8 Å². The highest BCUT2D eigenvalue weighted by Gasteiger charge is 2.50. The first kappa shape index (κ1) is 17.3. The smallest absolute Gasteiger partial charge is 0.241 e. The van der Waals surface area contributed by atoms with Crippen LogP contribution in [0.15, 0.2) is 22.1 Å². The number of nitrogens with zero attached hydrogens (tertiary/aromatic N) is 1. The number of aliphatic hydroxyl groups is 1. The molecule has 0 saturated heterocycles. The zero-order valence-electron chi connectivity index (χ0n) is 12.9. The van der Waals surface area contributed by atoms with Gasteiger partial charge in [-0.1, -0.05) is 24.9 Å². The first-order chi connectivity index (χ1) is 11.3. The third-order valence-electron chi connectivity index (χ3n) is 4.18. The molecular formula is C14H18ClN3O5S. The summed E-state index contributed by atoms with van der Waals surface area (Å²) in [5.74, 6) is -0.0329. The van der Waals surface area contributed by atoms with Crippen molar-refractivity contribution in [1.82, 2.24) is 5.43 Å². The van der Waals surface area contributed by atoms with Gasteiger partial charge in [-0.05, 0) is 18.6 Å². The van der Waals surface area contributed by atoms with E-state index in [2.05, 4.69) is 10.5 Å². The van der Waals surface area contributed by atoms with Crippen molar-refractivity contribution in [1.29, 1.82) is 0 Å². The minimum absolute atomic E-state index is 0.0329. The Balaban J connectivity index is 2.15. The molecule has 0 aromatic heterocycles. The lowest BCUT2D eigenvalue weighted by atomic mass is 9.84. The highest BCUT2D eigenvalue weighted by atomic mass is 35.5. The molecule has 0 amide bonds. The minimum Gasteiger partial charge on any atom is -0.479 e. The average molecular weight is 376 g/mol. The summed E-state index contributed by atoms with van der Waals surface area (Å²) in [5.41, 5.74) is 1.98. The van der Waals surface area contributed by atoms with E-state index in [1.54, 1.807) is 0 Å². The average Bonchev–Trinajstić information content (AvgIpc) is 3.00. The van der Waals surface area contributed by atoms with Gasteiger partial charge in [0, 0.05) is 12.0 Å². The van der Waals surface area contributed by atoms with Gasteiger partial charge in [-0.2, -0.15) is 0 Å². The van der Waals surface area contributed by atoms with Gasteiger partial charge < -0.3 is 14.6 Å². The molecule has 3 atom stereocenters. The van der Waals surface area contributed by atoms with Crippen LogP contribution in [-0.2, 0) is 14.8 Å². The second kappa shape index (κ2) is 6.07. The maximum absolute atomic E-state index is 11.9. The largest absolute Gasteiger partial charge is 0.479 e. The van der Waals surface area contributed by atoms with Gasteiger partial charge in [-0.3, -0.25) is 5.43 Å². The van der Waals surface area contributed by atoms with Gasteiger partial charge in [0.2, 0.25) is 16.3 Å². The Bertz CT molecular complexity index is 777. The number of fused-ring (bicyclic) bond motifs is 1. The Morgan fingerprint density at radius 1 is 1.54 bits per heavy atom. The lowest BCUT2D eigenvalue weighted by Crippen LogP contribution is -2.55. The number of nitrogens with one attached hydrogen (secondary N) is 1. The van der Waals surface area contributed by atoms with E-state index in [-0.39, 0.29) is 27.7 Å². The van der Waals surface area contributed by atoms with Crippen molar-refractivity contribution in [2.24, 2.45) is 10.2 Å². The van der Waals surface area contributed by atoms with Crippen molar-refractivity contribution in [3.63, 3.8) is 0 Å². The van der Waals surface area contributed by atoms with Crippen LogP contribution >= 0.6 is 11.6 Å². The van der Waals surface area contributed by atoms with Crippen molar-refractivity contribution in [3.05, 3.63) is 22.7 Å². The predicted molar refractivity (Wildman–Crippen MR) is 87.2 cm³/mol. The fourth-order valence-corrected chi connectivity index (χ4v) is 4.14. The van der Waals surface area contributed by atoms with Gasteiger partial charge >= 0.3 is 0 Å². The lowest BCUT2D eigenvalue weighted by Gasteiger charge is -2.43. The highest BCUT2D eigenvalue weighted by molar-refractivity contribution is 7.89. The Morgan fingerprint density at radius 2 is 2.29 bits per heavy atom. The zero-order chi connectivity index (χ0) is 17.5. The molecule has 3 unspecified atom stereocenters. The highest BCUT2D eigenvalue weighted by Crippen LogP contribution is 2.48. The Kier molecular flexibility index (Phi) is 4.37. The molecule has 1 aromatic carbocycles. The molecule has 0 bridgehead atoms. The van der Waals surface area contributed by atoms with Crippen LogP contribution in [0.5, 0.6) is 5.75 Å². The van der Waals surface area contributed by atoms with Gasteiger partial charge in [-0.25, -0.2) is 13.6 Å². The molecule has 0 spiro atoms. The van der Waals surface area contributed by atoms with Crippen LogP contribution in [0.25, 0.3) is 0 Å². The van der Waals surface area contributed by atoms with E-state index in [4.69, 9.17) is 26.2 Å². The SMILES string of the molecule is CCCC1(C2NN=CO2)CC(O)c2c(Cl)ccc(S(N)(=O)=O)c2O1. The number of primary sulfonamides is 1. The quantitative estimate of drug-likeness (QED) is 0.727. The molecule has 2 aliphatic heterocycles. The molecule has 0 aliphatic carbocycles. The number of aliphatic hydroxyl groups excluding tert-OH is 1. The summed E-state index contributed by atoms with van der Waals surface area (Å²) in [6.45, 7) is 1.95. The van der Waals surface area contributed by atoms with Gasteiger partial charge in [-0.15, -0.1) is 5.10 Å². The molecule has 0 fully saturated rings. The first-order valence-electron chi connectivity index (χ1n) is 7.43. The summed E-state index contributed by atoms with van der Waals surface area (Å²) in [5, 5.41) is 19.9. The normalized spacial score (nSPS) is 28.7. The molecule has 10 heteroatoms. The van der Waals surface area contributed by atoms with Crippen molar-refractivity contribution < 1.29 is 23.0 Å². The fourth-order valence-electron chi connectivity index (χ4n) is 3.20. The molecule has 0 radical (unpaired) electrons. The number of hydrogen-bond acceptors (Lipinski definition) is 7. The van der Waals surface area contributed by atoms with Crippen LogP contribution in [0.3, 0.4) is 0 Å².